The molecule has 0 spiro atoms. The maximum absolute atomic E-state index is 12.7. The number of aromatic nitrogens is 2. The molecule has 1 aromatic carbocycles. The fourth-order valence-corrected chi connectivity index (χ4v) is 3.67. The van der Waals surface area contributed by atoms with Gasteiger partial charge in [-0.3, -0.25) is 24.0 Å². The molecule has 11 N–H and O–H groups in total. The summed E-state index contributed by atoms with van der Waals surface area (Å²) < 4.78 is 0. The molecule has 1 heterocycles. The molecule has 0 aliphatic heterocycles. The third-order valence-corrected chi connectivity index (χ3v) is 5.98. The highest BCUT2D eigenvalue weighted by Gasteiger charge is 2.30. The van der Waals surface area contributed by atoms with E-state index in [1.54, 1.807) is 36.5 Å². The highest BCUT2D eigenvalue weighted by Crippen LogP contribution is 2.05. The van der Waals surface area contributed by atoms with E-state index in [2.05, 4.69) is 36.6 Å². The number of aliphatic carboxylic acids is 1. The Labute approximate surface area is 246 Å². The number of hydrogen-bond acceptors (Lipinski definition) is 10. The summed E-state index contributed by atoms with van der Waals surface area (Å²) in [6.07, 6.45) is 1.58. The molecule has 0 aliphatic rings. The lowest BCUT2D eigenvalue weighted by atomic mass is 10.0. The Morgan fingerprint density at radius 1 is 0.884 bits per heavy atom. The SMILES string of the molecule is C[C@@H](O)[C@H](NC(=O)CNC(=O)CNC(=O)[C@H](CO)NC(=O)[C@@H](N)Cc1c[nH]cn1)C(=O)N[C@@H](Cc1ccccc1)C(=O)O. The molecule has 0 unspecified atom stereocenters. The van der Waals surface area contributed by atoms with Crippen LogP contribution in [0, 0.1) is 0 Å². The van der Waals surface area contributed by atoms with Gasteiger partial charge in [-0.05, 0) is 12.5 Å². The fourth-order valence-electron chi connectivity index (χ4n) is 3.67. The first-order valence-corrected chi connectivity index (χ1v) is 13.1. The summed E-state index contributed by atoms with van der Waals surface area (Å²) in [5, 5.41) is 40.2. The van der Waals surface area contributed by atoms with Gasteiger partial charge in [-0.2, -0.15) is 0 Å². The molecule has 2 rings (SSSR count). The predicted octanol–water partition coefficient (Wildman–Crippen LogP) is -4.33. The number of carboxylic acids is 1. The Morgan fingerprint density at radius 3 is 2.12 bits per heavy atom. The zero-order chi connectivity index (χ0) is 31.9. The van der Waals surface area contributed by atoms with E-state index in [0.29, 0.717) is 11.3 Å². The summed E-state index contributed by atoms with van der Waals surface area (Å²) >= 11 is 0. The Bertz CT molecular complexity index is 1240. The van der Waals surface area contributed by atoms with Gasteiger partial charge in [-0.1, -0.05) is 30.3 Å². The van der Waals surface area contributed by atoms with Gasteiger partial charge < -0.3 is 52.6 Å². The van der Waals surface area contributed by atoms with Crippen LogP contribution in [0.1, 0.15) is 18.2 Å². The Balaban J connectivity index is 1.80. The summed E-state index contributed by atoms with van der Waals surface area (Å²) in [7, 11) is 0. The number of amides is 5. The molecular formula is C26H36N8O9. The number of benzene rings is 1. The van der Waals surface area contributed by atoms with Crippen LogP contribution in [0.25, 0.3) is 0 Å². The normalized spacial score (nSPS) is 14.2. The standard InChI is InChI=1S/C26H36N8O9/c1-14(36)22(25(41)32-18(26(42)43)7-15-5-3-2-4-6-15)34-21(38)11-29-20(37)10-30-24(40)19(12-35)33-23(39)17(27)8-16-9-28-13-31-16/h2-6,9,13-14,17-19,22,35-36H,7-8,10-12,27H2,1H3,(H,28,31)(H,29,37)(H,30,40)(H,32,41)(H,33,39)(H,34,38)(H,42,43)/t14-,17+,18+,19+,22+/m1/s1. The number of aliphatic hydroxyl groups is 2. The van der Waals surface area contributed by atoms with Crippen LogP contribution in [0.4, 0.5) is 0 Å². The van der Waals surface area contributed by atoms with Crippen LogP contribution in [0.5, 0.6) is 0 Å². The Morgan fingerprint density at radius 2 is 1.53 bits per heavy atom. The third kappa shape index (κ3) is 11.9. The van der Waals surface area contributed by atoms with E-state index in [4.69, 9.17) is 5.73 Å². The lowest BCUT2D eigenvalue weighted by Crippen LogP contribution is -2.57. The maximum Gasteiger partial charge on any atom is 0.326 e. The molecule has 0 fully saturated rings. The molecule has 0 saturated carbocycles. The highest BCUT2D eigenvalue weighted by molar-refractivity contribution is 5.94. The van der Waals surface area contributed by atoms with Crippen LogP contribution in [0.15, 0.2) is 42.9 Å². The van der Waals surface area contributed by atoms with Crippen molar-refractivity contribution in [2.45, 2.75) is 50.0 Å². The van der Waals surface area contributed by atoms with Crippen molar-refractivity contribution in [3.63, 3.8) is 0 Å². The van der Waals surface area contributed by atoms with Gasteiger partial charge >= 0.3 is 5.97 Å². The van der Waals surface area contributed by atoms with Crippen molar-refractivity contribution in [1.82, 2.24) is 36.6 Å². The number of nitrogens with zero attached hydrogens (tertiary/aromatic N) is 1. The molecular weight excluding hydrogens is 568 g/mol. The van der Waals surface area contributed by atoms with E-state index >= 15 is 0 Å². The summed E-state index contributed by atoms with van der Waals surface area (Å²) in [6, 6.07) is 3.19. The molecule has 5 atom stereocenters. The van der Waals surface area contributed by atoms with Gasteiger partial charge in [0.25, 0.3) is 0 Å². The van der Waals surface area contributed by atoms with Crippen molar-refractivity contribution in [2.24, 2.45) is 5.73 Å². The van der Waals surface area contributed by atoms with E-state index in [9.17, 15) is 44.1 Å². The Kier molecular flexibility index (Phi) is 13.7. The van der Waals surface area contributed by atoms with Gasteiger partial charge in [-0.15, -0.1) is 0 Å². The van der Waals surface area contributed by atoms with Crippen molar-refractivity contribution in [3.05, 3.63) is 54.1 Å². The van der Waals surface area contributed by atoms with Gasteiger partial charge in [0.05, 0.1) is 43.9 Å². The second-order valence-corrected chi connectivity index (χ2v) is 9.48. The van der Waals surface area contributed by atoms with E-state index in [-0.39, 0.29) is 12.8 Å². The zero-order valence-corrected chi connectivity index (χ0v) is 23.3. The van der Waals surface area contributed by atoms with E-state index in [1.165, 1.54) is 13.3 Å². The third-order valence-electron chi connectivity index (χ3n) is 5.98. The first kappa shape index (κ1) is 34.3. The van der Waals surface area contributed by atoms with Gasteiger partial charge in [0, 0.05) is 19.0 Å². The number of imidazole rings is 1. The number of aliphatic hydroxyl groups excluding tert-OH is 2. The van der Waals surface area contributed by atoms with Crippen molar-refractivity contribution in [2.75, 3.05) is 19.7 Å². The molecule has 0 radical (unpaired) electrons. The molecule has 234 valence electrons. The summed E-state index contributed by atoms with van der Waals surface area (Å²) in [4.78, 5) is 80.1. The van der Waals surface area contributed by atoms with Crippen LogP contribution < -0.4 is 32.3 Å². The van der Waals surface area contributed by atoms with Crippen LogP contribution in [-0.2, 0) is 41.6 Å². The Hall–Kier alpha value is -4.87. The van der Waals surface area contributed by atoms with Gasteiger partial charge in [0.2, 0.25) is 29.5 Å². The monoisotopic (exact) mass is 604 g/mol. The molecule has 2 aromatic rings. The van der Waals surface area contributed by atoms with E-state index in [0.717, 1.165) is 0 Å². The lowest BCUT2D eigenvalue weighted by molar-refractivity contribution is -0.142. The van der Waals surface area contributed by atoms with Gasteiger partial charge in [0.1, 0.15) is 18.1 Å². The topological polar surface area (TPSA) is 278 Å². The van der Waals surface area contributed by atoms with E-state index in [1.807, 2.05) is 0 Å². The van der Waals surface area contributed by atoms with Crippen LogP contribution >= 0.6 is 0 Å². The highest BCUT2D eigenvalue weighted by atomic mass is 16.4. The molecule has 0 bridgehead atoms. The molecule has 1 aromatic heterocycles. The number of aromatic amines is 1. The fraction of sp³-hybridized carbons (Fsp3) is 0.423. The first-order chi connectivity index (χ1) is 20.4. The summed E-state index contributed by atoms with van der Waals surface area (Å²) in [6.45, 7) is -0.850. The molecule has 43 heavy (non-hydrogen) atoms. The number of nitrogens with two attached hydrogens (primary N) is 1. The lowest BCUT2D eigenvalue weighted by Gasteiger charge is -2.23. The minimum absolute atomic E-state index is 0.0388. The van der Waals surface area contributed by atoms with Crippen molar-refractivity contribution >= 4 is 35.5 Å². The van der Waals surface area contributed by atoms with Crippen LogP contribution in [-0.4, -0.2) is 111 Å². The molecule has 5 amide bonds. The predicted molar refractivity (Wildman–Crippen MR) is 149 cm³/mol. The minimum Gasteiger partial charge on any atom is -0.480 e. The average molecular weight is 605 g/mol. The molecule has 17 nitrogen and oxygen atoms in total. The van der Waals surface area contributed by atoms with Crippen molar-refractivity contribution < 1.29 is 44.1 Å². The second-order valence-electron chi connectivity index (χ2n) is 9.48. The summed E-state index contributed by atoms with van der Waals surface area (Å²) in [5.41, 5.74) is 6.95. The summed E-state index contributed by atoms with van der Waals surface area (Å²) in [5.74, 6) is -5.61. The van der Waals surface area contributed by atoms with Crippen molar-refractivity contribution in [1.29, 1.82) is 0 Å². The number of carbonyl (C=O) groups is 6. The zero-order valence-electron chi connectivity index (χ0n) is 23.3. The van der Waals surface area contributed by atoms with E-state index < -0.39 is 85.5 Å². The van der Waals surface area contributed by atoms with Crippen molar-refractivity contribution in [3.8, 4) is 0 Å². The molecule has 17 heteroatoms. The number of H-pyrrole nitrogens is 1. The maximum atomic E-state index is 12.7. The molecule has 0 aliphatic carbocycles. The number of rotatable bonds is 17. The van der Waals surface area contributed by atoms with Gasteiger partial charge in [-0.25, -0.2) is 9.78 Å². The van der Waals surface area contributed by atoms with Gasteiger partial charge in [0.15, 0.2) is 0 Å². The van der Waals surface area contributed by atoms with Crippen LogP contribution in [0.3, 0.4) is 0 Å². The molecule has 0 saturated heterocycles. The smallest absolute Gasteiger partial charge is 0.326 e. The minimum atomic E-state index is -1.53. The quantitative estimate of drug-likeness (QED) is 0.0824. The number of carboxylic acid groups (broad SMARTS) is 1. The largest absolute Gasteiger partial charge is 0.480 e. The number of nitrogens with one attached hydrogen (secondary N) is 6. The second kappa shape index (κ2) is 17.2. The number of carbonyl (C=O) groups excluding carboxylic acids is 5. The van der Waals surface area contributed by atoms with Crippen LogP contribution in [0.2, 0.25) is 0 Å². The average Bonchev–Trinajstić information content (AvgIpc) is 3.49. The number of hydrogen-bond donors (Lipinski definition) is 10. The first-order valence-electron chi connectivity index (χ1n) is 13.1.